The molecular weight excluding hydrogens is 396 g/mol. The molecule has 0 aliphatic carbocycles. The zero-order valence-electron chi connectivity index (χ0n) is 17.4. The Hall–Kier alpha value is -4.00. The average Bonchev–Trinajstić information content (AvgIpc) is 2.81. The molecule has 0 saturated carbocycles. The highest BCUT2D eigenvalue weighted by Crippen LogP contribution is 2.27. The number of hydrogen-bond donors (Lipinski definition) is 2. The van der Waals surface area contributed by atoms with Gasteiger partial charge in [0.25, 0.3) is 11.8 Å². The molecule has 0 heterocycles. The predicted molar refractivity (Wildman–Crippen MR) is 116 cm³/mol. The fourth-order valence-electron chi connectivity index (χ4n) is 2.72. The maximum atomic E-state index is 12.2. The molecule has 2 amide bonds. The van der Waals surface area contributed by atoms with E-state index in [0.717, 1.165) is 11.1 Å². The van der Waals surface area contributed by atoms with Crippen LogP contribution in [0.4, 0.5) is 0 Å². The van der Waals surface area contributed by atoms with Crippen LogP contribution in [0.2, 0.25) is 0 Å². The van der Waals surface area contributed by atoms with Crippen LogP contribution in [0.25, 0.3) is 0 Å². The van der Waals surface area contributed by atoms with Gasteiger partial charge in [-0.05, 0) is 54.4 Å². The molecule has 0 spiro atoms. The largest absolute Gasteiger partial charge is 0.493 e. The molecule has 3 aromatic rings. The first-order valence-electron chi connectivity index (χ1n) is 9.68. The van der Waals surface area contributed by atoms with Gasteiger partial charge in [-0.15, -0.1) is 0 Å². The first-order chi connectivity index (χ1) is 15.0. The van der Waals surface area contributed by atoms with Crippen molar-refractivity contribution in [3.05, 3.63) is 89.5 Å². The quantitative estimate of drug-likeness (QED) is 0.546. The van der Waals surface area contributed by atoms with E-state index in [1.54, 1.807) is 30.3 Å². The lowest BCUT2D eigenvalue weighted by Crippen LogP contribution is -2.43. The molecule has 0 unspecified atom stereocenters. The second kappa shape index (κ2) is 10.7. The maximum Gasteiger partial charge on any atom is 0.276 e. The van der Waals surface area contributed by atoms with E-state index < -0.39 is 11.8 Å². The second-order valence-electron chi connectivity index (χ2n) is 6.74. The normalized spacial score (nSPS) is 10.1. The van der Waals surface area contributed by atoms with Gasteiger partial charge in [-0.1, -0.05) is 36.4 Å². The number of benzene rings is 3. The number of ether oxygens (including phenoxy) is 3. The summed E-state index contributed by atoms with van der Waals surface area (Å²) in [5, 5.41) is 0. The Balaban J connectivity index is 1.44. The van der Waals surface area contributed by atoms with Crippen LogP contribution in [0.5, 0.6) is 17.2 Å². The van der Waals surface area contributed by atoms with E-state index in [2.05, 4.69) is 10.9 Å². The zero-order valence-corrected chi connectivity index (χ0v) is 17.4. The third-order valence-corrected chi connectivity index (χ3v) is 4.36. The van der Waals surface area contributed by atoms with E-state index in [-0.39, 0.29) is 6.61 Å². The van der Waals surface area contributed by atoms with Crippen molar-refractivity contribution in [1.29, 1.82) is 0 Å². The Morgan fingerprint density at radius 3 is 2.29 bits per heavy atom. The minimum atomic E-state index is -0.501. The molecule has 0 bridgehead atoms. The summed E-state index contributed by atoms with van der Waals surface area (Å²) in [6, 6.07) is 21.8. The number of nitrogens with one attached hydrogen (secondary N) is 2. The predicted octanol–water partition coefficient (Wildman–Crippen LogP) is 3.42. The lowest BCUT2D eigenvalue weighted by molar-refractivity contribution is -0.123. The monoisotopic (exact) mass is 420 g/mol. The molecular formula is C24H24N2O5. The molecule has 0 aromatic heterocycles. The number of carbonyl (C=O) groups is 2. The van der Waals surface area contributed by atoms with Crippen LogP contribution in [-0.4, -0.2) is 25.5 Å². The first-order valence-corrected chi connectivity index (χ1v) is 9.68. The first kappa shape index (κ1) is 21.7. The Bertz CT molecular complexity index is 1020. The highest BCUT2D eigenvalue weighted by molar-refractivity contribution is 5.95. The summed E-state index contributed by atoms with van der Waals surface area (Å²) in [6.45, 7) is 2.09. The van der Waals surface area contributed by atoms with Gasteiger partial charge in [-0.2, -0.15) is 0 Å². The van der Waals surface area contributed by atoms with Crippen molar-refractivity contribution < 1.29 is 23.8 Å². The topological polar surface area (TPSA) is 85.9 Å². The van der Waals surface area contributed by atoms with Gasteiger partial charge in [0.1, 0.15) is 12.4 Å². The smallest absolute Gasteiger partial charge is 0.276 e. The molecule has 0 radical (unpaired) electrons. The molecule has 2 N–H and O–H groups in total. The highest BCUT2D eigenvalue weighted by atomic mass is 16.5. The number of rotatable bonds is 8. The van der Waals surface area contributed by atoms with Crippen molar-refractivity contribution in [2.45, 2.75) is 13.5 Å². The van der Waals surface area contributed by atoms with Crippen molar-refractivity contribution >= 4 is 11.8 Å². The Labute approximate surface area is 180 Å². The van der Waals surface area contributed by atoms with Gasteiger partial charge in [0.2, 0.25) is 0 Å². The second-order valence-corrected chi connectivity index (χ2v) is 6.74. The molecule has 0 fully saturated rings. The van der Waals surface area contributed by atoms with Crippen molar-refractivity contribution in [3.63, 3.8) is 0 Å². The lowest BCUT2D eigenvalue weighted by Gasteiger charge is -2.12. The number of carbonyl (C=O) groups excluding carboxylic acids is 2. The fourth-order valence-corrected chi connectivity index (χ4v) is 2.72. The highest BCUT2D eigenvalue weighted by Gasteiger charge is 2.10. The zero-order chi connectivity index (χ0) is 22.1. The van der Waals surface area contributed by atoms with Gasteiger partial charge >= 0.3 is 0 Å². The van der Waals surface area contributed by atoms with E-state index in [9.17, 15) is 9.59 Å². The van der Waals surface area contributed by atoms with E-state index in [0.29, 0.717) is 29.4 Å². The third kappa shape index (κ3) is 6.50. The SMILES string of the molecule is COc1cc(C)ccc1OCC(=O)NNC(=O)c1ccc(OCc2ccccc2)cc1. The molecule has 160 valence electrons. The van der Waals surface area contributed by atoms with Gasteiger partial charge in [0, 0.05) is 5.56 Å². The average molecular weight is 420 g/mol. The maximum absolute atomic E-state index is 12.2. The Morgan fingerprint density at radius 2 is 1.58 bits per heavy atom. The van der Waals surface area contributed by atoms with Gasteiger partial charge in [0.05, 0.1) is 7.11 Å². The Morgan fingerprint density at radius 1 is 0.839 bits per heavy atom. The molecule has 3 rings (SSSR count). The molecule has 0 atom stereocenters. The van der Waals surface area contributed by atoms with Crippen LogP contribution >= 0.6 is 0 Å². The van der Waals surface area contributed by atoms with Gasteiger partial charge in [-0.3, -0.25) is 20.4 Å². The van der Waals surface area contributed by atoms with Gasteiger partial charge in [-0.25, -0.2) is 0 Å². The molecule has 0 aliphatic heterocycles. The van der Waals surface area contributed by atoms with Crippen molar-refractivity contribution in [3.8, 4) is 17.2 Å². The van der Waals surface area contributed by atoms with E-state index in [1.807, 2.05) is 49.4 Å². The van der Waals surface area contributed by atoms with Crippen molar-refractivity contribution in [1.82, 2.24) is 10.9 Å². The van der Waals surface area contributed by atoms with Crippen LogP contribution in [-0.2, 0) is 11.4 Å². The van der Waals surface area contributed by atoms with Gasteiger partial charge in [0.15, 0.2) is 18.1 Å². The van der Waals surface area contributed by atoms with E-state index in [1.165, 1.54) is 7.11 Å². The summed E-state index contributed by atoms with van der Waals surface area (Å²) in [6.07, 6.45) is 0. The van der Waals surface area contributed by atoms with E-state index in [4.69, 9.17) is 14.2 Å². The summed E-state index contributed by atoms with van der Waals surface area (Å²) in [7, 11) is 1.53. The van der Waals surface area contributed by atoms with Gasteiger partial charge < -0.3 is 14.2 Å². The summed E-state index contributed by atoms with van der Waals surface area (Å²) in [5.74, 6) is 0.673. The van der Waals surface area contributed by atoms with Crippen LogP contribution in [0, 0.1) is 6.92 Å². The fraction of sp³-hybridized carbons (Fsp3) is 0.167. The summed E-state index contributed by atoms with van der Waals surface area (Å²) in [5.41, 5.74) is 7.13. The lowest BCUT2D eigenvalue weighted by atomic mass is 10.2. The molecule has 31 heavy (non-hydrogen) atoms. The summed E-state index contributed by atoms with van der Waals surface area (Å²) >= 11 is 0. The van der Waals surface area contributed by atoms with Crippen LogP contribution in [0.1, 0.15) is 21.5 Å². The summed E-state index contributed by atoms with van der Waals surface area (Å²) < 4.78 is 16.4. The molecule has 0 saturated heterocycles. The van der Waals surface area contributed by atoms with Crippen LogP contribution in [0.15, 0.2) is 72.8 Å². The van der Waals surface area contributed by atoms with Crippen molar-refractivity contribution in [2.75, 3.05) is 13.7 Å². The number of amides is 2. The van der Waals surface area contributed by atoms with Crippen LogP contribution in [0.3, 0.4) is 0 Å². The summed E-state index contributed by atoms with van der Waals surface area (Å²) in [4.78, 5) is 24.2. The molecule has 3 aromatic carbocycles. The minimum Gasteiger partial charge on any atom is -0.493 e. The minimum absolute atomic E-state index is 0.272. The van der Waals surface area contributed by atoms with Crippen LogP contribution < -0.4 is 25.1 Å². The third-order valence-electron chi connectivity index (χ3n) is 4.36. The molecule has 0 aliphatic rings. The number of hydrazine groups is 1. The van der Waals surface area contributed by atoms with E-state index >= 15 is 0 Å². The molecule has 7 heteroatoms. The number of hydrogen-bond acceptors (Lipinski definition) is 5. The molecule has 7 nitrogen and oxygen atoms in total. The standard InChI is InChI=1S/C24H24N2O5/c1-17-8-13-21(22(14-17)29-2)31-16-23(27)25-26-24(28)19-9-11-20(12-10-19)30-15-18-6-4-3-5-7-18/h3-14H,15-16H2,1-2H3,(H,25,27)(H,26,28). The Kier molecular flexibility index (Phi) is 7.48. The van der Waals surface area contributed by atoms with Crippen molar-refractivity contribution in [2.24, 2.45) is 0 Å². The number of methoxy groups -OCH3 is 1. The number of aryl methyl sites for hydroxylation is 1.